The van der Waals surface area contributed by atoms with E-state index in [0.717, 1.165) is 6.07 Å². The van der Waals surface area contributed by atoms with Crippen LogP contribution in [0.2, 0.25) is 10.0 Å². The minimum absolute atomic E-state index is 0.138. The Hall–Kier alpha value is -1.23. The maximum absolute atomic E-state index is 13.8. The molecule has 0 radical (unpaired) electrons. The third-order valence-corrected chi connectivity index (χ3v) is 3.20. The molecule has 2 nitrogen and oxygen atoms in total. The summed E-state index contributed by atoms with van der Waals surface area (Å²) in [7, 11) is 1.61. The van der Waals surface area contributed by atoms with E-state index in [1.54, 1.807) is 7.05 Å². The maximum Gasteiger partial charge on any atom is 0.163 e. The van der Waals surface area contributed by atoms with Crippen molar-refractivity contribution in [3.05, 3.63) is 63.4 Å². The normalized spacial score (nSPS) is 12.5. The molecule has 1 N–H and O–H groups in total. The predicted molar refractivity (Wildman–Crippen MR) is 71.5 cm³/mol. The Bertz CT molecular complexity index is 605. The van der Waals surface area contributed by atoms with E-state index in [0.29, 0.717) is 10.7 Å². The van der Waals surface area contributed by atoms with Gasteiger partial charge in [0.2, 0.25) is 0 Å². The van der Waals surface area contributed by atoms with Gasteiger partial charge in [-0.05, 0) is 19.2 Å². The van der Waals surface area contributed by atoms with Crippen molar-refractivity contribution in [2.75, 3.05) is 7.05 Å². The zero-order valence-electron chi connectivity index (χ0n) is 9.92. The van der Waals surface area contributed by atoms with Crippen LogP contribution >= 0.6 is 23.2 Å². The molecule has 2 rings (SSSR count). The maximum atomic E-state index is 13.8. The van der Waals surface area contributed by atoms with Crippen molar-refractivity contribution in [2.24, 2.45) is 0 Å². The van der Waals surface area contributed by atoms with Crippen LogP contribution in [0.4, 0.5) is 8.78 Å². The Labute approximate surface area is 119 Å². The monoisotopic (exact) mass is 302 g/mol. The van der Waals surface area contributed by atoms with E-state index < -0.39 is 17.7 Å². The van der Waals surface area contributed by atoms with Crippen molar-refractivity contribution >= 4 is 23.2 Å². The first kappa shape index (κ1) is 14.2. The van der Waals surface area contributed by atoms with E-state index in [-0.39, 0.29) is 10.6 Å². The smallest absolute Gasteiger partial charge is 0.163 e. The highest BCUT2D eigenvalue weighted by molar-refractivity contribution is 6.34. The van der Waals surface area contributed by atoms with Gasteiger partial charge in [0, 0.05) is 11.8 Å². The number of pyridine rings is 1. The van der Waals surface area contributed by atoms with Gasteiger partial charge in [-0.25, -0.2) is 8.78 Å². The molecule has 0 saturated carbocycles. The minimum Gasteiger partial charge on any atom is -0.308 e. The summed E-state index contributed by atoms with van der Waals surface area (Å²) in [4.78, 5) is 4.08. The molecular formula is C13H10Cl2F2N2. The number of hydrogen-bond acceptors (Lipinski definition) is 2. The van der Waals surface area contributed by atoms with Crippen LogP contribution in [0.15, 0.2) is 30.5 Å². The van der Waals surface area contributed by atoms with Crippen molar-refractivity contribution in [1.29, 1.82) is 0 Å². The second kappa shape index (κ2) is 5.82. The number of aromatic nitrogens is 1. The molecule has 0 amide bonds. The highest BCUT2D eigenvalue weighted by Gasteiger charge is 2.22. The van der Waals surface area contributed by atoms with Crippen LogP contribution in [-0.4, -0.2) is 12.0 Å². The summed E-state index contributed by atoms with van der Waals surface area (Å²) in [6, 6.07) is 4.82. The van der Waals surface area contributed by atoms with Crippen LogP contribution in [0.1, 0.15) is 17.3 Å². The van der Waals surface area contributed by atoms with Crippen LogP contribution in [0.25, 0.3) is 0 Å². The summed E-state index contributed by atoms with van der Waals surface area (Å²) in [5.41, 5.74) is 0.525. The molecular weight excluding hydrogens is 293 g/mol. The summed E-state index contributed by atoms with van der Waals surface area (Å²) < 4.78 is 27.1. The molecule has 0 aliphatic rings. The second-order valence-electron chi connectivity index (χ2n) is 3.89. The Kier molecular flexibility index (Phi) is 4.34. The van der Waals surface area contributed by atoms with E-state index in [9.17, 15) is 8.78 Å². The molecule has 1 unspecified atom stereocenters. The number of hydrogen-bond donors (Lipinski definition) is 1. The number of benzene rings is 1. The summed E-state index contributed by atoms with van der Waals surface area (Å²) in [5.74, 6) is -1.84. The topological polar surface area (TPSA) is 24.9 Å². The molecule has 0 aliphatic heterocycles. The van der Waals surface area contributed by atoms with E-state index in [2.05, 4.69) is 10.3 Å². The average Bonchev–Trinajstić information content (AvgIpc) is 2.37. The van der Waals surface area contributed by atoms with Crippen molar-refractivity contribution in [1.82, 2.24) is 10.3 Å². The molecule has 1 aromatic carbocycles. The molecule has 1 atom stereocenters. The van der Waals surface area contributed by atoms with Crippen LogP contribution in [0.3, 0.4) is 0 Å². The van der Waals surface area contributed by atoms with Gasteiger partial charge in [0.15, 0.2) is 11.6 Å². The highest BCUT2D eigenvalue weighted by Crippen LogP contribution is 2.30. The summed E-state index contributed by atoms with van der Waals surface area (Å²) >= 11 is 11.8. The fourth-order valence-electron chi connectivity index (χ4n) is 1.82. The number of nitrogens with one attached hydrogen (secondary N) is 1. The number of nitrogens with zero attached hydrogens (tertiary/aromatic N) is 1. The first-order valence-corrected chi connectivity index (χ1v) is 6.22. The molecule has 0 spiro atoms. The molecule has 0 bridgehead atoms. The van der Waals surface area contributed by atoms with Gasteiger partial charge in [-0.1, -0.05) is 35.3 Å². The molecule has 19 heavy (non-hydrogen) atoms. The van der Waals surface area contributed by atoms with Gasteiger partial charge in [-0.15, -0.1) is 0 Å². The lowest BCUT2D eigenvalue weighted by Gasteiger charge is -2.18. The number of rotatable bonds is 3. The molecule has 2 aromatic rings. The predicted octanol–water partition coefficient (Wildman–Crippen LogP) is 3.98. The van der Waals surface area contributed by atoms with Crippen molar-refractivity contribution in [2.45, 2.75) is 6.04 Å². The first-order valence-electron chi connectivity index (χ1n) is 5.46. The lowest BCUT2D eigenvalue weighted by molar-refractivity contribution is 0.486. The zero-order chi connectivity index (χ0) is 14.0. The summed E-state index contributed by atoms with van der Waals surface area (Å²) in [5, 5.41) is 3.53. The third kappa shape index (κ3) is 2.86. The van der Waals surface area contributed by atoms with Crippen LogP contribution in [0, 0.1) is 11.6 Å². The quantitative estimate of drug-likeness (QED) is 0.928. The van der Waals surface area contributed by atoms with Gasteiger partial charge in [-0.3, -0.25) is 4.98 Å². The van der Waals surface area contributed by atoms with Gasteiger partial charge in [0.25, 0.3) is 0 Å². The molecule has 0 saturated heterocycles. The highest BCUT2D eigenvalue weighted by atomic mass is 35.5. The molecule has 0 aliphatic carbocycles. The Morgan fingerprint density at radius 2 is 2.00 bits per heavy atom. The van der Waals surface area contributed by atoms with Gasteiger partial charge >= 0.3 is 0 Å². The molecule has 1 heterocycles. The number of halogens is 4. The van der Waals surface area contributed by atoms with Gasteiger partial charge in [-0.2, -0.15) is 0 Å². The SMILES string of the molecule is CNC(c1cccc(F)c1F)c1ncc(Cl)cc1Cl. The average molecular weight is 303 g/mol. The zero-order valence-corrected chi connectivity index (χ0v) is 11.4. The van der Waals surface area contributed by atoms with Crippen molar-refractivity contribution in [3.8, 4) is 0 Å². The fraction of sp³-hybridized carbons (Fsp3) is 0.154. The standard InChI is InChI=1S/C13H10Cl2F2N2/c1-18-12(8-3-2-4-10(16)11(8)17)13-9(15)5-7(14)6-19-13/h2-6,12,18H,1H3. The minimum atomic E-state index is -0.922. The molecule has 0 fully saturated rings. The Balaban J connectivity index is 2.53. The molecule has 1 aromatic heterocycles. The van der Waals surface area contributed by atoms with E-state index in [4.69, 9.17) is 23.2 Å². The van der Waals surface area contributed by atoms with Crippen molar-refractivity contribution in [3.63, 3.8) is 0 Å². The van der Waals surface area contributed by atoms with E-state index in [1.807, 2.05) is 0 Å². The van der Waals surface area contributed by atoms with Crippen molar-refractivity contribution < 1.29 is 8.78 Å². The van der Waals surface area contributed by atoms with Crippen LogP contribution in [-0.2, 0) is 0 Å². The lowest BCUT2D eigenvalue weighted by Crippen LogP contribution is -2.21. The fourth-order valence-corrected chi connectivity index (χ4v) is 2.31. The van der Waals surface area contributed by atoms with Crippen LogP contribution < -0.4 is 5.32 Å². The largest absolute Gasteiger partial charge is 0.308 e. The van der Waals surface area contributed by atoms with Gasteiger partial charge in [0.1, 0.15) is 0 Å². The first-order chi connectivity index (χ1) is 9.04. The lowest BCUT2D eigenvalue weighted by atomic mass is 10.0. The van der Waals surface area contributed by atoms with E-state index >= 15 is 0 Å². The third-order valence-electron chi connectivity index (χ3n) is 2.69. The summed E-state index contributed by atoms with van der Waals surface area (Å²) in [6.45, 7) is 0. The van der Waals surface area contributed by atoms with E-state index in [1.165, 1.54) is 24.4 Å². The van der Waals surface area contributed by atoms with Crippen LogP contribution in [0.5, 0.6) is 0 Å². The molecule has 6 heteroatoms. The van der Waals surface area contributed by atoms with Gasteiger partial charge in [0.05, 0.1) is 21.8 Å². The molecule has 100 valence electrons. The Morgan fingerprint density at radius 3 is 2.63 bits per heavy atom. The Morgan fingerprint density at radius 1 is 1.26 bits per heavy atom. The summed E-state index contributed by atoms with van der Waals surface area (Å²) in [6.07, 6.45) is 1.41. The van der Waals surface area contributed by atoms with Gasteiger partial charge < -0.3 is 5.32 Å². The second-order valence-corrected chi connectivity index (χ2v) is 4.73.